The van der Waals surface area contributed by atoms with Crippen molar-refractivity contribution < 1.29 is 4.79 Å². The molecule has 0 spiro atoms. The monoisotopic (exact) mass is 289 g/mol. The maximum Gasteiger partial charge on any atom is 0.227 e. The molecule has 21 heavy (non-hydrogen) atoms. The number of benzene rings is 1. The quantitative estimate of drug-likeness (QED) is 0.833. The average Bonchev–Trinajstić information content (AvgIpc) is 2.43. The van der Waals surface area contributed by atoms with E-state index >= 15 is 0 Å². The number of rotatable bonds is 5. The molecule has 0 atom stereocenters. The molecule has 1 aliphatic rings. The van der Waals surface area contributed by atoms with Crippen molar-refractivity contribution in [1.29, 1.82) is 0 Å². The van der Waals surface area contributed by atoms with Crippen LogP contribution in [0.2, 0.25) is 0 Å². The van der Waals surface area contributed by atoms with Gasteiger partial charge in [-0.3, -0.25) is 4.79 Å². The van der Waals surface area contributed by atoms with Gasteiger partial charge in [0.05, 0.1) is 11.4 Å². The van der Waals surface area contributed by atoms with Crippen LogP contribution >= 0.6 is 0 Å². The number of carbonyl (C=O) groups excluding carboxylic acids is 1. The fraction of sp³-hybridized carbons (Fsp3) is 0.588. The minimum absolute atomic E-state index is 0.240. The summed E-state index contributed by atoms with van der Waals surface area (Å²) in [5, 5.41) is 0. The van der Waals surface area contributed by atoms with Gasteiger partial charge in [-0.15, -0.1) is 0 Å². The summed E-state index contributed by atoms with van der Waals surface area (Å²) < 4.78 is 0. The first-order valence-corrected chi connectivity index (χ1v) is 7.78. The molecule has 1 amide bonds. The predicted octanol–water partition coefficient (Wildman–Crippen LogP) is 2.45. The molecule has 4 nitrogen and oxygen atoms in total. The normalized spacial score (nSPS) is 14.8. The Morgan fingerprint density at radius 1 is 1.19 bits per heavy atom. The van der Waals surface area contributed by atoms with Crippen molar-refractivity contribution in [2.45, 2.75) is 20.3 Å². The Kier molecular flexibility index (Phi) is 5.23. The molecule has 0 saturated carbocycles. The number of nitrogens with zero attached hydrogens (tertiary/aromatic N) is 3. The Hall–Kier alpha value is -1.55. The van der Waals surface area contributed by atoms with Crippen LogP contribution in [0.4, 0.5) is 11.4 Å². The highest BCUT2D eigenvalue weighted by molar-refractivity contribution is 5.97. The Morgan fingerprint density at radius 3 is 2.48 bits per heavy atom. The highest BCUT2D eigenvalue weighted by Crippen LogP contribution is 2.33. The van der Waals surface area contributed by atoms with Gasteiger partial charge >= 0.3 is 0 Å². The molecule has 0 bridgehead atoms. The minimum atomic E-state index is 0.240. The number of carbonyl (C=O) groups is 1. The SMILES string of the molecule is CC(C)CC(=O)N1CCN(CCN(C)C)c2ccccc21. The van der Waals surface area contributed by atoms with Gasteiger partial charge < -0.3 is 14.7 Å². The van der Waals surface area contributed by atoms with Crippen LogP contribution in [-0.4, -0.2) is 51.1 Å². The fourth-order valence-electron chi connectivity index (χ4n) is 2.69. The molecule has 1 aromatic rings. The van der Waals surface area contributed by atoms with Crippen molar-refractivity contribution in [3.05, 3.63) is 24.3 Å². The molecule has 4 heteroatoms. The van der Waals surface area contributed by atoms with Crippen molar-refractivity contribution in [3.8, 4) is 0 Å². The van der Waals surface area contributed by atoms with Crippen LogP contribution in [0.3, 0.4) is 0 Å². The van der Waals surface area contributed by atoms with Gasteiger partial charge in [0.1, 0.15) is 0 Å². The molecule has 116 valence electrons. The topological polar surface area (TPSA) is 26.8 Å². The molecule has 0 aromatic heterocycles. The standard InChI is InChI=1S/C17H27N3O/c1-14(2)13-17(21)20-12-11-19(10-9-18(3)4)15-7-5-6-8-16(15)20/h5-8,14H,9-13H2,1-4H3. The van der Waals surface area contributed by atoms with Gasteiger partial charge in [-0.25, -0.2) is 0 Å². The lowest BCUT2D eigenvalue weighted by Crippen LogP contribution is -2.46. The van der Waals surface area contributed by atoms with Crippen LogP contribution in [0.5, 0.6) is 0 Å². The average molecular weight is 289 g/mol. The fourth-order valence-corrected chi connectivity index (χ4v) is 2.69. The van der Waals surface area contributed by atoms with Gasteiger partial charge in [0.25, 0.3) is 0 Å². The summed E-state index contributed by atoms with van der Waals surface area (Å²) in [7, 11) is 4.18. The molecule has 0 fully saturated rings. The van der Waals surface area contributed by atoms with Gasteiger partial charge in [0, 0.05) is 32.6 Å². The number of hydrogen-bond donors (Lipinski definition) is 0. The van der Waals surface area contributed by atoms with E-state index in [0.29, 0.717) is 12.3 Å². The zero-order chi connectivity index (χ0) is 15.4. The summed E-state index contributed by atoms with van der Waals surface area (Å²) in [6, 6.07) is 8.26. The second-order valence-corrected chi connectivity index (χ2v) is 6.42. The third kappa shape index (κ3) is 3.97. The highest BCUT2D eigenvalue weighted by atomic mass is 16.2. The van der Waals surface area contributed by atoms with E-state index in [1.54, 1.807) is 0 Å². The Labute approximate surface area is 128 Å². The first-order chi connectivity index (χ1) is 9.99. The number of hydrogen-bond acceptors (Lipinski definition) is 3. The lowest BCUT2D eigenvalue weighted by molar-refractivity contribution is -0.119. The van der Waals surface area contributed by atoms with Crippen molar-refractivity contribution in [2.24, 2.45) is 5.92 Å². The van der Waals surface area contributed by atoms with E-state index < -0.39 is 0 Å². The van der Waals surface area contributed by atoms with Crippen LogP contribution in [0.25, 0.3) is 0 Å². The first kappa shape index (κ1) is 15.8. The van der Waals surface area contributed by atoms with Crippen molar-refractivity contribution in [3.63, 3.8) is 0 Å². The Bertz CT molecular complexity index is 485. The predicted molar refractivity (Wildman–Crippen MR) is 89.0 cm³/mol. The summed E-state index contributed by atoms with van der Waals surface area (Å²) >= 11 is 0. The van der Waals surface area contributed by atoms with Gasteiger partial charge in [-0.1, -0.05) is 26.0 Å². The lowest BCUT2D eigenvalue weighted by Gasteiger charge is -2.38. The zero-order valence-electron chi connectivity index (χ0n) is 13.7. The molecule has 1 heterocycles. The van der Waals surface area contributed by atoms with Gasteiger partial charge in [0.2, 0.25) is 5.91 Å². The molecular weight excluding hydrogens is 262 g/mol. The summed E-state index contributed by atoms with van der Waals surface area (Å²) in [6.45, 7) is 7.91. The third-order valence-electron chi connectivity index (χ3n) is 3.81. The summed E-state index contributed by atoms with van der Waals surface area (Å²) in [5.41, 5.74) is 2.25. The van der Waals surface area contributed by atoms with Crippen molar-refractivity contribution in [1.82, 2.24) is 4.90 Å². The smallest absolute Gasteiger partial charge is 0.227 e. The van der Waals surface area contributed by atoms with Gasteiger partial charge in [-0.05, 0) is 32.1 Å². The second kappa shape index (κ2) is 6.94. The maximum absolute atomic E-state index is 12.4. The molecule has 0 radical (unpaired) electrons. The molecule has 0 saturated heterocycles. The van der Waals surface area contributed by atoms with E-state index in [4.69, 9.17) is 0 Å². The number of anilines is 2. The van der Waals surface area contributed by atoms with Crippen LogP contribution < -0.4 is 9.80 Å². The van der Waals surface area contributed by atoms with Crippen LogP contribution in [0.1, 0.15) is 20.3 Å². The van der Waals surface area contributed by atoms with E-state index in [1.165, 1.54) is 5.69 Å². The molecule has 0 unspecified atom stereocenters. The molecule has 2 rings (SSSR count). The first-order valence-electron chi connectivity index (χ1n) is 7.78. The summed E-state index contributed by atoms with van der Waals surface area (Å²) in [6.07, 6.45) is 0.617. The zero-order valence-corrected chi connectivity index (χ0v) is 13.7. The lowest BCUT2D eigenvalue weighted by atomic mass is 10.1. The van der Waals surface area contributed by atoms with E-state index in [9.17, 15) is 4.79 Å². The number of likely N-dealkylation sites (N-methyl/N-ethyl adjacent to an activating group) is 1. The van der Waals surface area contributed by atoms with Crippen LogP contribution in [0.15, 0.2) is 24.3 Å². The number of para-hydroxylation sites is 2. The molecule has 1 aliphatic heterocycles. The van der Waals surface area contributed by atoms with Gasteiger partial charge in [0.15, 0.2) is 0 Å². The molecule has 0 aliphatic carbocycles. The molecular formula is C17H27N3O. The third-order valence-corrected chi connectivity index (χ3v) is 3.81. The van der Waals surface area contributed by atoms with Crippen LogP contribution in [-0.2, 0) is 4.79 Å². The highest BCUT2D eigenvalue weighted by Gasteiger charge is 2.26. The summed E-state index contributed by atoms with van der Waals surface area (Å²) in [5.74, 6) is 0.640. The summed E-state index contributed by atoms with van der Waals surface area (Å²) in [4.78, 5) is 19.0. The number of amides is 1. The van der Waals surface area contributed by atoms with Crippen LogP contribution in [0, 0.1) is 5.92 Å². The minimum Gasteiger partial charge on any atom is -0.367 e. The van der Waals surface area contributed by atoms with Crippen molar-refractivity contribution >= 4 is 17.3 Å². The van der Waals surface area contributed by atoms with E-state index in [-0.39, 0.29) is 5.91 Å². The molecule has 0 N–H and O–H groups in total. The van der Waals surface area contributed by atoms with E-state index in [0.717, 1.165) is 31.9 Å². The maximum atomic E-state index is 12.4. The number of fused-ring (bicyclic) bond motifs is 1. The Balaban J connectivity index is 2.18. The van der Waals surface area contributed by atoms with E-state index in [1.807, 2.05) is 11.0 Å². The van der Waals surface area contributed by atoms with Crippen molar-refractivity contribution in [2.75, 3.05) is 50.1 Å². The molecule has 1 aromatic carbocycles. The van der Waals surface area contributed by atoms with Gasteiger partial charge in [-0.2, -0.15) is 0 Å². The second-order valence-electron chi connectivity index (χ2n) is 6.42. The largest absolute Gasteiger partial charge is 0.367 e. The Morgan fingerprint density at radius 2 is 1.86 bits per heavy atom. The van der Waals surface area contributed by atoms with E-state index in [2.05, 4.69) is 55.9 Å².